The largest absolute Gasteiger partial charge is 0.458 e. The van der Waals surface area contributed by atoms with Crippen molar-refractivity contribution in [2.24, 2.45) is 0 Å². The number of carbonyl (C=O) groups is 2. The third-order valence-electron chi connectivity index (χ3n) is 4.32. The van der Waals surface area contributed by atoms with Gasteiger partial charge < -0.3 is 13.9 Å². The summed E-state index contributed by atoms with van der Waals surface area (Å²) in [5, 5.41) is 8.04. The first-order chi connectivity index (χ1) is 12.7. The summed E-state index contributed by atoms with van der Waals surface area (Å²) in [6, 6.07) is 9.30. The number of benzene rings is 1. The molecule has 1 fully saturated rings. The van der Waals surface area contributed by atoms with Crippen molar-refractivity contribution >= 4 is 11.9 Å². The maximum atomic E-state index is 11.7. The lowest BCUT2D eigenvalue weighted by molar-refractivity contribution is -0.159. The van der Waals surface area contributed by atoms with Gasteiger partial charge in [0, 0.05) is 12.3 Å². The van der Waals surface area contributed by atoms with Crippen LogP contribution in [0, 0.1) is 0 Å². The molecule has 0 bridgehead atoms. The second-order valence-corrected chi connectivity index (χ2v) is 6.32. The summed E-state index contributed by atoms with van der Waals surface area (Å²) in [6.45, 7) is -0.244. The van der Waals surface area contributed by atoms with Gasteiger partial charge in [-0.3, -0.25) is 4.79 Å². The second-order valence-electron chi connectivity index (χ2n) is 6.32. The topological polar surface area (TPSA) is 91.5 Å². The molecule has 1 saturated carbocycles. The van der Waals surface area contributed by atoms with Crippen LogP contribution in [0.3, 0.4) is 0 Å². The number of ether oxygens (including phenoxy) is 2. The smallest absolute Gasteiger partial charge is 0.344 e. The van der Waals surface area contributed by atoms with Crippen molar-refractivity contribution in [2.75, 3.05) is 6.61 Å². The van der Waals surface area contributed by atoms with E-state index < -0.39 is 18.5 Å². The lowest BCUT2D eigenvalue weighted by atomic mass is 10.1. The summed E-state index contributed by atoms with van der Waals surface area (Å²) in [7, 11) is 0. The monoisotopic (exact) mass is 358 g/mol. The number of carbonyl (C=O) groups excluding carboxylic acids is 2. The molecule has 1 heterocycles. The van der Waals surface area contributed by atoms with Crippen molar-refractivity contribution in [1.29, 1.82) is 0 Å². The van der Waals surface area contributed by atoms with Gasteiger partial charge in [-0.15, -0.1) is 10.2 Å². The summed E-state index contributed by atoms with van der Waals surface area (Å²) < 4.78 is 15.6. The van der Waals surface area contributed by atoms with E-state index >= 15 is 0 Å². The summed E-state index contributed by atoms with van der Waals surface area (Å²) >= 11 is 0. The van der Waals surface area contributed by atoms with Crippen molar-refractivity contribution < 1.29 is 23.5 Å². The molecule has 0 amide bonds. The molecule has 1 aliphatic carbocycles. The van der Waals surface area contributed by atoms with Gasteiger partial charge in [0.2, 0.25) is 11.8 Å². The molecule has 26 heavy (non-hydrogen) atoms. The number of rotatable bonds is 8. The predicted octanol–water partition coefficient (Wildman–Crippen LogP) is 2.95. The molecule has 2 aromatic rings. The first kappa shape index (κ1) is 18.1. The number of nitrogens with zero attached hydrogens (tertiary/aromatic N) is 2. The van der Waals surface area contributed by atoms with Crippen LogP contribution >= 0.6 is 0 Å². The minimum Gasteiger partial charge on any atom is -0.458 e. The second kappa shape index (κ2) is 9.12. The standard InChI is InChI=1S/C19H22N2O5/c22-17(25-13-18(23)24-12-14-6-2-1-3-7-14)11-10-16-20-21-19(26-16)15-8-4-5-9-15/h1-3,6-7,15H,4-5,8-13H2. The van der Waals surface area contributed by atoms with Crippen molar-refractivity contribution in [3.8, 4) is 0 Å². The first-order valence-corrected chi connectivity index (χ1v) is 8.88. The van der Waals surface area contributed by atoms with Crippen LogP contribution in [0.15, 0.2) is 34.7 Å². The molecular formula is C19H22N2O5. The molecule has 0 spiro atoms. The Hall–Kier alpha value is -2.70. The lowest BCUT2D eigenvalue weighted by Crippen LogP contribution is -2.16. The van der Waals surface area contributed by atoms with E-state index in [2.05, 4.69) is 10.2 Å². The number of hydrogen-bond donors (Lipinski definition) is 0. The fourth-order valence-corrected chi connectivity index (χ4v) is 2.91. The first-order valence-electron chi connectivity index (χ1n) is 8.88. The van der Waals surface area contributed by atoms with Gasteiger partial charge in [-0.05, 0) is 18.4 Å². The Balaban J connectivity index is 1.33. The summed E-state index contributed by atoms with van der Waals surface area (Å²) in [6.07, 6.45) is 4.92. The van der Waals surface area contributed by atoms with Crippen LogP contribution in [0.2, 0.25) is 0 Å². The van der Waals surface area contributed by atoms with E-state index in [0.29, 0.717) is 24.1 Å². The molecule has 0 atom stereocenters. The Morgan fingerprint density at radius 1 is 1.04 bits per heavy atom. The van der Waals surface area contributed by atoms with Crippen LogP contribution in [-0.4, -0.2) is 28.7 Å². The predicted molar refractivity (Wildman–Crippen MR) is 91.0 cm³/mol. The van der Waals surface area contributed by atoms with Crippen molar-refractivity contribution in [1.82, 2.24) is 10.2 Å². The SMILES string of the molecule is O=C(CCc1nnc(C2CCCC2)o1)OCC(=O)OCc1ccccc1. The average molecular weight is 358 g/mol. The van der Waals surface area contributed by atoms with E-state index in [4.69, 9.17) is 13.9 Å². The van der Waals surface area contributed by atoms with Gasteiger partial charge in [-0.1, -0.05) is 43.2 Å². The number of esters is 2. The molecule has 0 unspecified atom stereocenters. The molecule has 0 N–H and O–H groups in total. The Kier molecular flexibility index (Phi) is 6.35. The highest BCUT2D eigenvalue weighted by atomic mass is 16.6. The highest BCUT2D eigenvalue weighted by Gasteiger charge is 2.22. The van der Waals surface area contributed by atoms with E-state index in [1.165, 1.54) is 12.8 Å². The van der Waals surface area contributed by atoms with Crippen LogP contribution < -0.4 is 0 Å². The molecule has 138 valence electrons. The molecule has 1 aromatic carbocycles. The van der Waals surface area contributed by atoms with Crippen molar-refractivity contribution in [3.63, 3.8) is 0 Å². The van der Waals surface area contributed by atoms with Gasteiger partial charge in [-0.25, -0.2) is 4.79 Å². The lowest BCUT2D eigenvalue weighted by Gasteiger charge is -2.06. The zero-order valence-corrected chi connectivity index (χ0v) is 14.6. The number of aryl methyl sites for hydroxylation is 1. The zero-order valence-electron chi connectivity index (χ0n) is 14.6. The Morgan fingerprint density at radius 3 is 2.58 bits per heavy atom. The van der Waals surface area contributed by atoms with E-state index in [-0.39, 0.29) is 13.0 Å². The third-order valence-corrected chi connectivity index (χ3v) is 4.32. The van der Waals surface area contributed by atoms with Gasteiger partial charge in [0.05, 0.1) is 6.42 Å². The van der Waals surface area contributed by atoms with Gasteiger partial charge >= 0.3 is 11.9 Å². The average Bonchev–Trinajstić information content (AvgIpc) is 3.35. The molecule has 0 radical (unpaired) electrons. The summed E-state index contributed by atoms with van der Waals surface area (Å²) in [4.78, 5) is 23.3. The minimum atomic E-state index is -0.580. The molecule has 3 rings (SSSR count). The summed E-state index contributed by atoms with van der Waals surface area (Å²) in [5.74, 6) is 0.360. The van der Waals surface area contributed by atoms with Crippen LogP contribution in [0.4, 0.5) is 0 Å². The van der Waals surface area contributed by atoms with Crippen LogP contribution in [0.5, 0.6) is 0 Å². The number of hydrogen-bond acceptors (Lipinski definition) is 7. The molecule has 1 aliphatic rings. The minimum absolute atomic E-state index is 0.0816. The molecule has 1 aromatic heterocycles. The van der Waals surface area contributed by atoms with Crippen LogP contribution in [-0.2, 0) is 32.1 Å². The van der Waals surface area contributed by atoms with Gasteiger partial charge in [0.1, 0.15) is 6.61 Å². The van der Waals surface area contributed by atoms with E-state index in [1.807, 2.05) is 30.3 Å². The fraction of sp³-hybridized carbons (Fsp3) is 0.474. The Labute approximate surface area is 151 Å². The molecule has 7 nitrogen and oxygen atoms in total. The van der Waals surface area contributed by atoms with E-state index in [1.54, 1.807) is 0 Å². The summed E-state index contributed by atoms with van der Waals surface area (Å²) in [5.41, 5.74) is 0.877. The highest BCUT2D eigenvalue weighted by Crippen LogP contribution is 2.33. The van der Waals surface area contributed by atoms with Gasteiger partial charge in [-0.2, -0.15) is 0 Å². The number of aromatic nitrogens is 2. The molecule has 0 aliphatic heterocycles. The van der Waals surface area contributed by atoms with Crippen molar-refractivity contribution in [2.45, 2.75) is 51.0 Å². The van der Waals surface area contributed by atoms with Crippen LogP contribution in [0.1, 0.15) is 55.4 Å². The highest BCUT2D eigenvalue weighted by molar-refractivity contribution is 5.76. The fourth-order valence-electron chi connectivity index (χ4n) is 2.91. The molecule has 0 saturated heterocycles. The van der Waals surface area contributed by atoms with Crippen LogP contribution in [0.25, 0.3) is 0 Å². The molecule has 7 heteroatoms. The molecular weight excluding hydrogens is 336 g/mol. The van der Waals surface area contributed by atoms with Crippen molar-refractivity contribution in [3.05, 3.63) is 47.7 Å². The maximum absolute atomic E-state index is 11.7. The Bertz CT molecular complexity index is 723. The third kappa shape index (κ3) is 5.40. The van der Waals surface area contributed by atoms with E-state index in [0.717, 1.165) is 18.4 Å². The quantitative estimate of drug-likeness (QED) is 0.670. The zero-order chi connectivity index (χ0) is 18.2. The van der Waals surface area contributed by atoms with Gasteiger partial charge in [0.25, 0.3) is 0 Å². The van der Waals surface area contributed by atoms with E-state index in [9.17, 15) is 9.59 Å². The Morgan fingerprint density at radius 2 is 1.81 bits per heavy atom. The van der Waals surface area contributed by atoms with Gasteiger partial charge in [0.15, 0.2) is 6.61 Å². The normalized spacial score (nSPS) is 14.3. The maximum Gasteiger partial charge on any atom is 0.344 e.